The lowest BCUT2D eigenvalue weighted by Crippen LogP contribution is -1.96. The van der Waals surface area contributed by atoms with Crippen molar-refractivity contribution in [2.45, 2.75) is 4.90 Å². The molecule has 72 valence electrons. The van der Waals surface area contributed by atoms with Crippen LogP contribution in [0.15, 0.2) is 35.5 Å². The molecule has 0 radical (unpaired) electrons. The highest BCUT2D eigenvalue weighted by atomic mass is 35.5. The van der Waals surface area contributed by atoms with E-state index in [1.807, 2.05) is 30.7 Å². The first-order chi connectivity index (χ1) is 6.81. The Hall–Kier alpha value is -1.00. The molecule has 0 atom stereocenters. The molecule has 2 rings (SSSR count). The van der Waals surface area contributed by atoms with E-state index in [2.05, 4.69) is 10.1 Å². The van der Waals surface area contributed by atoms with E-state index >= 15 is 0 Å². The first-order valence-electron chi connectivity index (χ1n) is 4.02. The van der Waals surface area contributed by atoms with Crippen LogP contribution in [0.3, 0.4) is 0 Å². The number of hydrogen-bond acceptors (Lipinski definition) is 3. The summed E-state index contributed by atoms with van der Waals surface area (Å²) in [5, 5.41) is 4.67. The zero-order chi connectivity index (χ0) is 9.97. The Morgan fingerprint density at radius 2 is 2.29 bits per heavy atom. The fourth-order valence-corrected chi connectivity index (χ4v) is 1.86. The molecule has 0 saturated carbocycles. The van der Waals surface area contributed by atoms with Crippen molar-refractivity contribution < 1.29 is 0 Å². The number of aromatic nitrogens is 3. The van der Waals surface area contributed by atoms with E-state index in [9.17, 15) is 0 Å². The van der Waals surface area contributed by atoms with Gasteiger partial charge in [0.05, 0.1) is 4.90 Å². The molecule has 0 aliphatic rings. The van der Waals surface area contributed by atoms with E-state index in [4.69, 9.17) is 11.6 Å². The largest absolute Gasteiger partial charge is 0.237 e. The van der Waals surface area contributed by atoms with Gasteiger partial charge in [0, 0.05) is 12.4 Å². The zero-order valence-corrected chi connectivity index (χ0v) is 9.09. The van der Waals surface area contributed by atoms with Gasteiger partial charge in [-0.1, -0.05) is 17.7 Å². The van der Waals surface area contributed by atoms with E-state index in [0.717, 1.165) is 10.7 Å². The van der Waals surface area contributed by atoms with Crippen LogP contribution in [0.1, 0.15) is 0 Å². The maximum atomic E-state index is 5.91. The molecule has 0 amide bonds. The van der Waals surface area contributed by atoms with Crippen LogP contribution in [0.4, 0.5) is 0 Å². The second-order valence-corrected chi connectivity index (χ2v) is 3.83. The average Bonchev–Trinajstić information content (AvgIpc) is 2.61. The summed E-state index contributed by atoms with van der Waals surface area (Å²) in [5.74, 6) is 0.773. The molecule has 0 aliphatic carbocycles. The summed E-state index contributed by atoms with van der Waals surface area (Å²) in [6.07, 6.45) is 5.56. The Balaban J connectivity index is 2.43. The van der Waals surface area contributed by atoms with Crippen molar-refractivity contribution >= 4 is 23.4 Å². The first-order valence-corrected chi connectivity index (χ1v) is 5.62. The molecule has 2 aromatic rings. The summed E-state index contributed by atoms with van der Waals surface area (Å²) in [5.41, 5.74) is 0. The van der Waals surface area contributed by atoms with Gasteiger partial charge in [0.25, 0.3) is 0 Å². The van der Waals surface area contributed by atoms with Crippen LogP contribution in [-0.4, -0.2) is 21.0 Å². The number of halogens is 1. The third-order valence-electron chi connectivity index (χ3n) is 1.74. The molecule has 0 spiro atoms. The summed E-state index contributed by atoms with van der Waals surface area (Å²) in [4.78, 5) is 5.13. The van der Waals surface area contributed by atoms with Gasteiger partial charge in [-0.05, 0) is 18.4 Å². The van der Waals surface area contributed by atoms with Crippen molar-refractivity contribution in [1.82, 2.24) is 14.8 Å². The average molecular weight is 226 g/mol. The van der Waals surface area contributed by atoms with Gasteiger partial charge in [0.1, 0.15) is 0 Å². The van der Waals surface area contributed by atoms with Crippen molar-refractivity contribution in [2.24, 2.45) is 0 Å². The molecule has 0 aliphatic heterocycles. The predicted molar refractivity (Wildman–Crippen MR) is 58.2 cm³/mol. The Bertz CT molecular complexity index is 427. The Labute approximate surface area is 91.1 Å². The van der Waals surface area contributed by atoms with Gasteiger partial charge in [-0.3, -0.25) is 0 Å². The van der Waals surface area contributed by atoms with E-state index in [-0.39, 0.29) is 0 Å². The number of pyridine rings is 1. The van der Waals surface area contributed by atoms with E-state index < -0.39 is 0 Å². The zero-order valence-electron chi connectivity index (χ0n) is 7.51. The molecule has 0 bridgehead atoms. The smallest absolute Gasteiger partial charge is 0.165 e. The number of rotatable bonds is 2. The molecule has 3 nitrogen and oxygen atoms in total. The maximum Gasteiger partial charge on any atom is 0.165 e. The van der Waals surface area contributed by atoms with Gasteiger partial charge in [-0.2, -0.15) is 5.10 Å². The molecule has 0 unspecified atom stereocenters. The third kappa shape index (κ3) is 1.76. The maximum absolute atomic E-state index is 5.91. The second kappa shape index (κ2) is 4.02. The SMILES string of the molecule is CSc1cn(-c2ccccn2)nc1Cl. The first kappa shape index (κ1) is 9.55. The lowest BCUT2D eigenvalue weighted by molar-refractivity contribution is 0.846. The summed E-state index contributed by atoms with van der Waals surface area (Å²) < 4.78 is 1.67. The fraction of sp³-hybridized carbons (Fsp3) is 0.111. The number of nitrogens with zero attached hydrogens (tertiary/aromatic N) is 3. The van der Waals surface area contributed by atoms with Gasteiger partial charge < -0.3 is 0 Å². The standard InChI is InChI=1S/C9H8ClN3S/c1-14-7-6-13(12-9(7)10)8-4-2-3-5-11-8/h2-6H,1H3. The molecular weight excluding hydrogens is 218 g/mol. The van der Waals surface area contributed by atoms with Gasteiger partial charge >= 0.3 is 0 Å². The topological polar surface area (TPSA) is 30.7 Å². The van der Waals surface area contributed by atoms with Crippen LogP contribution < -0.4 is 0 Å². The molecular formula is C9H8ClN3S. The van der Waals surface area contributed by atoms with Crippen molar-refractivity contribution in [3.63, 3.8) is 0 Å². The molecule has 2 aromatic heterocycles. The van der Waals surface area contributed by atoms with Crippen molar-refractivity contribution in [2.75, 3.05) is 6.26 Å². The Morgan fingerprint density at radius 1 is 1.43 bits per heavy atom. The van der Waals surface area contributed by atoms with Crippen LogP contribution in [0.25, 0.3) is 5.82 Å². The molecule has 0 saturated heterocycles. The minimum Gasteiger partial charge on any atom is -0.237 e. The van der Waals surface area contributed by atoms with Crippen LogP contribution >= 0.6 is 23.4 Å². The number of hydrogen-bond donors (Lipinski definition) is 0. The third-order valence-corrected chi connectivity index (χ3v) is 2.87. The lowest BCUT2D eigenvalue weighted by atomic mass is 10.5. The normalized spacial score (nSPS) is 10.4. The van der Waals surface area contributed by atoms with Gasteiger partial charge in [0.2, 0.25) is 0 Å². The Kier molecular flexibility index (Phi) is 2.74. The Morgan fingerprint density at radius 3 is 2.86 bits per heavy atom. The van der Waals surface area contributed by atoms with Crippen molar-refractivity contribution in [3.8, 4) is 5.82 Å². The molecule has 0 N–H and O–H groups in total. The van der Waals surface area contributed by atoms with Crippen LogP contribution in [0, 0.1) is 0 Å². The lowest BCUT2D eigenvalue weighted by Gasteiger charge is -1.96. The highest BCUT2D eigenvalue weighted by Crippen LogP contribution is 2.24. The van der Waals surface area contributed by atoms with Crippen molar-refractivity contribution in [1.29, 1.82) is 0 Å². The molecule has 0 aromatic carbocycles. The second-order valence-electron chi connectivity index (χ2n) is 2.62. The molecule has 2 heterocycles. The minimum atomic E-state index is 0.517. The van der Waals surface area contributed by atoms with Crippen molar-refractivity contribution in [3.05, 3.63) is 35.7 Å². The van der Waals surface area contributed by atoms with Gasteiger partial charge in [-0.15, -0.1) is 11.8 Å². The summed E-state index contributed by atoms with van der Waals surface area (Å²) in [6, 6.07) is 5.66. The van der Waals surface area contributed by atoms with Gasteiger partial charge in [0.15, 0.2) is 11.0 Å². The summed E-state index contributed by atoms with van der Waals surface area (Å²) in [7, 11) is 0. The molecule has 5 heteroatoms. The molecule has 14 heavy (non-hydrogen) atoms. The van der Waals surface area contributed by atoms with E-state index in [1.165, 1.54) is 0 Å². The number of thioether (sulfide) groups is 1. The summed E-state index contributed by atoms with van der Waals surface area (Å²) in [6.45, 7) is 0. The van der Waals surface area contributed by atoms with E-state index in [1.54, 1.807) is 22.6 Å². The highest BCUT2D eigenvalue weighted by Gasteiger charge is 2.06. The predicted octanol–water partition coefficient (Wildman–Crippen LogP) is 2.64. The van der Waals surface area contributed by atoms with Gasteiger partial charge in [-0.25, -0.2) is 9.67 Å². The summed E-state index contributed by atoms with van der Waals surface area (Å²) >= 11 is 7.48. The van der Waals surface area contributed by atoms with Crippen LogP contribution in [-0.2, 0) is 0 Å². The quantitative estimate of drug-likeness (QED) is 0.737. The monoisotopic (exact) mass is 225 g/mol. The fourth-order valence-electron chi connectivity index (χ4n) is 1.08. The van der Waals surface area contributed by atoms with Crippen LogP contribution in [0.5, 0.6) is 0 Å². The minimum absolute atomic E-state index is 0.517. The van der Waals surface area contributed by atoms with Crippen LogP contribution in [0.2, 0.25) is 5.15 Å². The molecule has 0 fully saturated rings. The highest BCUT2D eigenvalue weighted by molar-refractivity contribution is 7.98. The van der Waals surface area contributed by atoms with E-state index in [0.29, 0.717) is 5.15 Å².